The molecule has 3 atom stereocenters. The van der Waals surface area contributed by atoms with Crippen molar-refractivity contribution in [1.29, 1.82) is 0 Å². The first kappa shape index (κ1) is 37.2. The Morgan fingerprint density at radius 2 is 1.94 bits per heavy atom. The minimum atomic E-state index is -0.438. The van der Waals surface area contributed by atoms with E-state index in [0.717, 1.165) is 43.6 Å². The predicted octanol–water partition coefficient (Wildman–Crippen LogP) is 6.75. The zero-order valence-electron chi connectivity index (χ0n) is 27.5. The van der Waals surface area contributed by atoms with Gasteiger partial charge in [-0.25, -0.2) is 4.39 Å². The summed E-state index contributed by atoms with van der Waals surface area (Å²) in [6, 6.07) is 9.46. The Labute approximate surface area is 336 Å². The van der Waals surface area contributed by atoms with Gasteiger partial charge in [-0.05, 0) is 60.9 Å². The van der Waals surface area contributed by atoms with Gasteiger partial charge in [-0.1, -0.05) is 37.1 Å². The molecule has 14 heteroatoms. The maximum Gasteiger partial charge on any atom is 0.319 e. The summed E-state index contributed by atoms with van der Waals surface area (Å²) in [7, 11) is 0. The fourth-order valence-corrected chi connectivity index (χ4v) is 8.68. The molecule has 0 N–H and O–H groups in total. The van der Waals surface area contributed by atoms with E-state index in [9.17, 15) is 0 Å². The van der Waals surface area contributed by atoms with E-state index in [-0.39, 0.29) is 99.5 Å². The summed E-state index contributed by atoms with van der Waals surface area (Å²) in [5.41, 5.74) is 4.04. The van der Waals surface area contributed by atoms with Crippen molar-refractivity contribution in [3.05, 3.63) is 69.4 Å². The molecule has 10 nitrogen and oxygen atoms in total. The number of hydrogen-bond acceptors (Lipinski definition) is 8. The molecule has 2 radical (unpaired) electrons. The molecule has 1 aliphatic carbocycles. The maximum absolute atomic E-state index is 15.6. The van der Waals surface area contributed by atoms with Crippen molar-refractivity contribution in [3.8, 4) is 41.0 Å². The van der Waals surface area contributed by atoms with Gasteiger partial charge in [0.15, 0.2) is 11.5 Å². The Morgan fingerprint density at radius 3 is 2.67 bits per heavy atom. The van der Waals surface area contributed by atoms with E-state index in [1.807, 2.05) is 24.3 Å². The molecule has 5 aliphatic rings. The minimum absolute atomic E-state index is 0. The van der Waals surface area contributed by atoms with Gasteiger partial charge in [0.1, 0.15) is 36.5 Å². The number of halogens is 2. The number of rotatable bonds is 6. The second kappa shape index (κ2) is 13.9. The molecular weight excluding hydrogens is 1020 g/mol. The molecule has 0 amide bonds. The molecular formula is C38H34ClFN6O4Ta2-2. The first-order chi connectivity index (χ1) is 23.9. The van der Waals surface area contributed by atoms with E-state index in [0.29, 0.717) is 69.0 Å². The van der Waals surface area contributed by atoms with Gasteiger partial charge in [0.2, 0.25) is 0 Å². The Morgan fingerprint density at radius 1 is 1.15 bits per heavy atom. The topological polar surface area (TPSA) is 107 Å². The molecule has 266 valence electrons. The zero-order valence-corrected chi connectivity index (χ0v) is 34.7. The largest absolute Gasteiger partial charge is 0.656 e. The molecule has 4 aliphatic heterocycles. The number of aromatic nitrogens is 4. The second-order valence-corrected chi connectivity index (χ2v) is 14.3. The minimum Gasteiger partial charge on any atom is -0.656 e. The molecule has 1 spiro atoms. The first-order valence-corrected chi connectivity index (χ1v) is 16.9. The average Bonchev–Trinajstić information content (AvgIpc) is 3.79. The molecule has 2 bridgehead atoms. The van der Waals surface area contributed by atoms with Gasteiger partial charge in [-0.15, -0.1) is 19.0 Å². The van der Waals surface area contributed by atoms with Crippen LogP contribution in [0.4, 0.5) is 10.2 Å². The summed E-state index contributed by atoms with van der Waals surface area (Å²) < 4.78 is 41.0. The van der Waals surface area contributed by atoms with Crippen LogP contribution in [0.15, 0.2) is 36.5 Å². The predicted molar refractivity (Wildman–Crippen MR) is 188 cm³/mol. The number of ether oxygens (including phenoxy) is 4. The number of piperazine rings is 1. The number of fused-ring (bicyclic) bond motifs is 7. The van der Waals surface area contributed by atoms with Crippen molar-refractivity contribution in [2.75, 3.05) is 31.3 Å². The van der Waals surface area contributed by atoms with Crippen LogP contribution in [0.2, 0.25) is 5.02 Å². The molecule has 5 aromatic rings. The average molecular weight is 1060 g/mol. The van der Waals surface area contributed by atoms with Crippen molar-refractivity contribution >= 4 is 39.2 Å². The Hall–Kier alpha value is -3.15. The number of terminal acetylenes is 1. The van der Waals surface area contributed by atoms with Gasteiger partial charge in [-0.2, -0.15) is 16.2 Å². The van der Waals surface area contributed by atoms with Crippen LogP contribution in [0, 0.1) is 30.5 Å². The molecule has 2 aromatic heterocycles. The molecule has 52 heavy (non-hydrogen) atoms. The first-order valence-electron chi connectivity index (χ1n) is 16.5. The smallest absolute Gasteiger partial charge is 0.319 e. The van der Waals surface area contributed by atoms with Crippen LogP contribution in [0.1, 0.15) is 43.4 Å². The summed E-state index contributed by atoms with van der Waals surface area (Å²) in [5, 5.41) is 14.7. The Balaban J connectivity index is 0.00000140. The van der Waals surface area contributed by atoms with Gasteiger partial charge < -0.3 is 39.4 Å². The Kier molecular flexibility index (Phi) is 9.96. The van der Waals surface area contributed by atoms with Crippen LogP contribution < -0.4 is 24.2 Å². The van der Waals surface area contributed by atoms with Gasteiger partial charge in [0.05, 0.1) is 29.1 Å². The molecule has 3 unspecified atom stereocenters. The second-order valence-electron chi connectivity index (χ2n) is 13.9. The van der Waals surface area contributed by atoms with Gasteiger partial charge in [0.25, 0.3) is 0 Å². The monoisotopic (exact) mass is 1050 g/mol. The fraction of sp³-hybridized carbons (Fsp3) is 0.395. The molecule has 1 saturated carbocycles. The van der Waals surface area contributed by atoms with E-state index >= 15 is 4.39 Å². The van der Waals surface area contributed by atoms with Crippen LogP contribution >= 0.6 is 11.6 Å². The summed E-state index contributed by atoms with van der Waals surface area (Å²) >= 11 is 7.44. The molecule has 4 fully saturated rings. The van der Waals surface area contributed by atoms with Gasteiger partial charge in [-0.3, -0.25) is 0 Å². The summed E-state index contributed by atoms with van der Waals surface area (Å²) in [5.74, 6) is 3.69. The van der Waals surface area contributed by atoms with E-state index in [2.05, 4.69) is 21.0 Å². The summed E-state index contributed by atoms with van der Waals surface area (Å²) in [6.45, 7) is 4.46. The van der Waals surface area contributed by atoms with Crippen LogP contribution in [0.25, 0.3) is 38.2 Å². The van der Waals surface area contributed by atoms with Crippen molar-refractivity contribution < 1.29 is 68.1 Å². The Bertz CT molecular complexity index is 2240. The van der Waals surface area contributed by atoms with E-state index in [4.69, 9.17) is 52.3 Å². The van der Waals surface area contributed by atoms with Crippen LogP contribution in [0.3, 0.4) is 0 Å². The van der Waals surface area contributed by atoms with Crippen molar-refractivity contribution in [2.45, 2.75) is 64.4 Å². The van der Waals surface area contributed by atoms with Crippen LogP contribution in [-0.4, -0.2) is 65.7 Å². The molecule has 3 saturated heterocycles. The molecule has 10 rings (SSSR count). The van der Waals surface area contributed by atoms with Crippen molar-refractivity contribution in [3.63, 3.8) is 0 Å². The summed E-state index contributed by atoms with van der Waals surface area (Å²) in [6.07, 6.45) is 9.88. The van der Waals surface area contributed by atoms with Gasteiger partial charge in [0, 0.05) is 78.9 Å². The zero-order chi connectivity index (χ0) is 33.0. The number of hydrogen-bond donors (Lipinski definition) is 0. The fourth-order valence-electron chi connectivity index (χ4n) is 8.35. The molecule has 6 heterocycles. The van der Waals surface area contributed by atoms with E-state index < -0.39 is 5.82 Å². The van der Waals surface area contributed by atoms with Crippen LogP contribution in [0.5, 0.6) is 17.5 Å². The maximum atomic E-state index is 15.6. The van der Waals surface area contributed by atoms with E-state index in [1.54, 1.807) is 13.1 Å². The van der Waals surface area contributed by atoms with Gasteiger partial charge >= 0.3 is 6.01 Å². The van der Waals surface area contributed by atoms with E-state index in [1.165, 1.54) is 6.07 Å². The summed E-state index contributed by atoms with van der Waals surface area (Å²) in [4.78, 5) is 12.5. The molecule has 3 aromatic carbocycles. The standard InChI is InChI=1S/C37H30ClFN6O4.CH4.2Ta/c1-3-19-4-6-20(7-5-19)14-47-34-29(28-18(2)24(39)9-25-23(28)13-41-44-25)31(38)33-30-32(34)42-36(49-22-10-37(11-22)16-46-17-37)43-35(30)45-21-8-26(40-12-21)27(45)15-48-33;;;/h1,4-7,9,13,21-22,26-27H,8,10-12,14-17H2,2H3;1H4;;/q-2;;;. The number of benzene rings is 3. The third-order valence-corrected chi connectivity index (χ3v) is 11.3. The quantitative estimate of drug-likeness (QED) is 0.171. The normalized spacial score (nSPS) is 21.8. The number of nitrogens with zero attached hydrogens (tertiary/aromatic N) is 6. The van der Waals surface area contributed by atoms with Crippen LogP contribution in [-0.2, 0) is 56.1 Å². The third-order valence-electron chi connectivity index (χ3n) is 10.9. The SMILES string of the molecule is C.C#Cc1ccc(COc2c(-c3c(C)c(F)cc4n[n-]cc34)c(Cl)c3c4c(nc(OC5CC6(COC6)C5)nc24)N2C4C[N-]C(C4)C2CO3)cc1.[Ta].[Ta]. The van der Waals surface area contributed by atoms with Crippen molar-refractivity contribution in [2.24, 2.45) is 5.41 Å². The van der Waals surface area contributed by atoms with Crippen molar-refractivity contribution in [1.82, 2.24) is 20.2 Å². The third kappa shape index (κ3) is 5.67. The number of anilines is 1.